The molecule has 1 N–H and O–H groups in total. The molecule has 6 heteroatoms. The van der Waals surface area contributed by atoms with Gasteiger partial charge in [0.2, 0.25) is 0 Å². The zero-order valence-corrected chi connectivity index (χ0v) is 11.2. The van der Waals surface area contributed by atoms with Crippen molar-refractivity contribution in [2.45, 2.75) is 43.4 Å². The van der Waals surface area contributed by atoms with E-state index in [2.05, 4.69) is 0 Å². The van der Waals surface area contributed by atoms with Crippen LogP contribution in [0.1, 0.15) is 31.7 Å². The lowest BCUT2D eigenvalue weighted by Gasteiger charge is -2.31. The van der Waals surface area contributed by atoms with Gasteiger partial charge in [0.25, 0.3) is 0 Å². The summed E-state index contributed by atoms with van der Waals surface area (Å²) in [7, 11) is 1.28. The molecular formula is C14H16F4O2. The summed E-state index contributed by atoms with van der Waals surface area (Å²) in [5.41, 5.74) is -3.28. The minimum Gasteiger partial charge on any atom is -0.493 e. The van der Waals surface area contributed by atoms with Gasteiger partial charge >= 0.3 is 6.18 Å². The second-order valence-corrected chi connectivity index (χ2v) is 5.55. The van der Waals surface area contributed by atoms with Crippen LogP contribution >= 0.6 is 0 Å². The Balaban J connectivity index is 2.36. The van der Waals surface area contributed by atoms with Gasteiger partial charge in [0, 0.05) is 11.0 Å². The largest absolute Gasteiger partial charge is 0.493 e. The zero-order valence-electron chi connectivity index (χ0n) is 11.2. The fraction of sp³-hybridized carbons (Fsp3) is 0.571. The van der Waals surface area contributed by atoms with Crippen LogP contribution in [0, 0.1) is 5.82 Å². The summed E-state index contributed by atoms with van der Waals surface area (Å²) in [4.78, 5) is 0. The number of halogens is 4. The van der Waals surface area contributed by atoms with E-state index in [1.165, 1.54) is 19.2 Å². The Bertz CT molecular complexity index is 504. The van der Waals surface area contributed by atoms with Crippen molar-refractivity contribution in [1.82, 2.24) is 0 Å². The smallest absolute Gasteiger partial charge is 0.416 e. The number of benzene rings is 1. The molecule has 1 aromatic rings. The van der Waals surface area contributed by atoms with Crippen molar-refractivity contribution in [2.24, 2.45) is 0 Å². The molecular weight excluding hydrogens is 276 g/mol. The summed E-state index contributed by atoms with van der Waals surface area (Å²) in [6, 6.07) is 4.19. The molecule has 0 aromatic heterocycles. The molecule has 0 saturated heterocycles. The van der Waals surface area contributed by atoms with Gasteiger partial charge in [-0.25, -0.2) is 4.39 Å². The molecule has 0 aliphatic heterocycles. The normalized spacial score (nSPS) is 20.4. The molecule has 2 rings (SSSR count). The van der Waals surface area contributed by atoms with Gasteiger partial charge in [-0.05, 0) is 32.3 Å². The molecule has 0 heterocycles. The van der Waals surface area contributed by atoms with E-state index in [9.17, 15) is 22.7 Å². The minimum absolute atomic E-state index is 0.0389. The van der Waals surface area contributed by atoms with Crippen molar-refractivity contribution >= 4 is 0 Å². The Labute approximate surface area is 114 Å². The van der Waals surface area contributed by atoms with E-state index in [4.69, 9.17) is 4.74 Å². The number of alkyl halides is 3. The predicted molar refractivity (Wildman–Crippen MR) is 65.2 cm³/mol. The van der Waals surface area contributed by atoms with Gasteiger partial charge < -0.3 is 9.84 Å². The molecule has 1 aliphatic carbocycles. The molecule has 1 aromatic carbocycles. The Hall–Kier alpha value is -1.30. The fourth-order valence-electron chi connectivity index (χ4n) is 2.59. The third kappa shape index (κ3) is 2.49. The van der Waals surface area contributed by atoms with Gasteiger partial charge in [-0.3, -0.25) is 0 Å². The highest BCUT2D eigenvalue weighted by molar-refractivity contribution is 5.44. The zero-order chi connectivity index (χ0) is 15.2. The monoisotopic (exact) mass is 292 g/mol. The summed E-state index contributed by atoms with van der Waals surface area (Å²) in [5.74, 6) is -0.647. The van der Waals surface area contributed by atoms with E-state index >= 15 is 0 Å². The van der Waals surface area contributed by atoms with Gasteiger partial charge in [0.1, 0.15) is 0 Å². The van der Waals surface area contributed by atoms with Crippen molar-refractivity contribution in [3.8, 4) is 5.75 Å². The molecule has 1 saturated carbocycles. The third-order valence-electron chi connectivity index (χ3n) is 3.89. The number of ether oxygens (including phenoxy) is 1. The number of aliphatic hydroxyl groups is 1. The van der Waals surface area contributed by atoms with Gasteiger partial charge in [-0.15, -0.1) is 0 Å². The SMILES string of the molecule is COc1c(F)cccc1C1(CC(C)(O)C(F)(F)F)CC1. The van der Waals surface area contributed by atoms with Gasteiger partial charge in [-0.1, -0.05) is 12.1 Å². The molecule has 0 bridgehead atoms. The first kappa shape index (κ1) is 15.1. The van der Waals surface area contributed by atoms with Crippen LogP contribution in [0.5, 0.6) is 5.75 Å². The highest BCUT2D eigenvalue weighted by Crippen LogP contribution is 2.57. The lowest BCUT2D eigenvalue weighted by atomic mass is 9.83. The van der Waals surface area contributed by atoms with Gasteiger partial charge in [0.15, 0.2) is 17.2 Å². The van der Waals surface area contributed by atoms with Crippen LogP contribution in [0.3, 0.4) is 0 Å². The maximum Gasteiger partial charge on any atom is 0.416 e. The van der Waals surface area contributed by atoms with Crippen LogP contribution in [-0.2, 0) is 5.41 Å². The number of methoxy groups -OCH3 is 1. The molecule has 1 atom stereocenters. The Morgan fingerprint density at radius 2 is 1.90 bits per heavy atom. The quantitative estimate of drug-likeness (QED) is 0.860. The first-order valence-electron chi connectivity index (χ1n) is 6.25. The van der Waals surface area contributed by atoms with Crippen LogP contribution in [0.25, 0.3) is 0 Å². The number of rotatable bonds is 4. The topological polar surface area (TPSA) is 29.5 Å². The van der Waals surface area contributed by atoms with Crippen LogP contribution in [0.2, 0.25) is 0 Å². The van der Waals surface area contributed by atoms with Crippen molar-refractivity contribution in [3.63, 3.8) is 0 Å². The Morgan fingerprint density at radius 1 is 1.30 bits per heavy atom. The van der Waals surface area contributed by atoms with Crippen molar-refractivity contribution in [3.05, 3.63) is 29.6 Å². The maximum atomic E-state index is 13.7. The summed E-state index contributed by atoms with van der Waals surface area (Å²) in [6.45, 7) is 0.749. The molecule has 0 spiro atoms. The van der Waals surface area contributed by atoms with E-state index in [0.717, 1.165) is 6.92 Å². The molecule has 0 amide bonds. The summed E-state index contributed by atoms with van der Waals surface area (Å²) in [5, 5.41) is 9.66. The molecule has 1 aliphatic rings. The molecule has 20 heavy (non-hydrogen) atoms. The minimum atomic E-state index is -4.72. The second-order valence-electron chi connectivity index (χ2n) is 5.55. The van der Waals surface area contributed by atoms with Crippen LogP contribution < -0.4 is 4.74 Å². The standard InChI is InChI=1S/C14H16F4O2/c1-12(19,14(16,17)18)8-13(6-7-13)9-4-3-5-10(15)11(9)20-2/h3-5,19H,6-8H2,1-2H3. The highest BCUT2D eigenvalue weighted by atomic mass is 19.4. The van der Waals surface area contributed by atoms with Crippen LogP contribution in [0.4, 0.5) is 17.6 Å². The molecule has 2 nitrogen and oxygen atoms in total. The van der Waals surface area contributed by atoms with E-state index in [0.29, 0.717) is 18.4 Å². The average Bonchev–Trinajstić information content (AvgIpc) is 3.07. The maximum absolute atomic E-state index is 13.7. The average molecular weight is 292 g/mol. The van der Waals surface area contributed by atoms with Gasteiger partial charge in [0.05, 0.1) is 7.11 Å². The third-order valence-corrected chi connectivity index (χ3v) is 3.89. The number of hydrogen-bond acceptors (Lipinski definition) is 2. The first-order valence-corrected chi connectivity index (χ1v) is 6.25. The van der Waals surface area contributed by atoms with E-state index < -0.39 is 29.4 Å². The van der Waals surface area contributed by atoms with Gasteiger partial charge in [-0.2, -0.15) is 13.2 Å². The number of hydrogen-bond donors (Lipinski definition) is 1. The molecule has 112 valence electrons. The summed E-state index contributed by atoms with van der Waals surface area (Å²) in [6.07, 6.45) is -4.27. The molecule has 1 fully saturated rings. The predicted octanol–water partition coefficient (Wildman–Crippen LogP) is 3.57. The lowest BCUT2D eigenvalue weighted by molar-refractivity contribution is -0.257. The highest BCUT2D eigenvalue weighted by Gasteiger charge is 2.58. The van der Waals surface area contributed by atoms with E-state index in [1.807, 2.05) is 0 Å². The Morgan fingerprint density at radius 3 is 2.35 bits per heavy atom. The second kappa shape index (κ2) is 4.62. The Kier molecular flexibility index (Phi) is 3.48. The summed E-state index contributed by atoms with van der Waals surface area (Å²) < 4.78 is 57.1. The van der Waals surface area contributed by atoms with Crippen molar-refractivity contribution in [1.29, 1.82) is 0 Å². The van der Waals surface area contributed by atoms with Crippen molar-refractivity contribution < 1.29 is 27.4 Å². The lowest BCUT2D eigenvalue weighted by Crippen LogP contribution is -2.44. The van der Waals surface area contributed by atoms with Crippen LogP contribution in [-0.4, -0.2) is 24.0 Å². The van der Waals surface area contributed by atoms with Crippen LogP contribution in [0.15, 0.2) is 18.2 Å². The first-order chi connectivity index (χ1) is 9.13. The fourth-order valence-corrected chi connectivity index (χ4v) is 2.59. The molecule has 0 radical (unpaired) electrons. The van der Waals surface area contributed by atoms with E-state index in [1.54, 1.807) is 6.07 Å². The molecule has 1 unspecified atom stereocenters. The summed E-state index contributed by atoms with van der Waals surface area (Å²) >= 11 is 0. The van der Waals surface area contributed by atoms with Crippen molar-refractivity contribution in [2.75, 3.05) is 7.11 Å². The van der Waals surface area contributed by atoms with E-state index in [-0.39, 0.29) is 5.75 Å². The number of para-hydroxylation sites is 1.